The lowest BCUT2D eigenvalue weighted by Gasteiger charge is -2.18. The van der Waals surface area contributed by atoms with Crippen LogP contribution >= 0.6 is 0 Å². The van der Waals surface area contributed by atoms with Gasteiger partial charge in [0.05, 0.1) is 0 Å². The second-order valence-electron chi connectivity index (χ2n) is 23.8. The van der Waals surface area contributed by atoms with Gasteiger partial charge in [0.25, 0.3) is 0 Å². The van der Waals surface area contributed by atoms with Crippen LogP contribution in [0.15, 0.2) is 97.2 Å². The summed E-state index contributed by atoms with van der Waals surface area (Å²) < 4.78 is 17.0. The number of ether oxygens (including phenoxy) is 3. The van der Waals surface area contributed by atoms with Gasteiger partial charge in [-0.2, -0.15) is 0 Å². The van der Waals surface area contributed by atoms with Gasteiger partial charge in [-0.3, -0.25) is 14.4 Å². The molecule has 0 aliphatic rings. The maximum absolute atomic E-state index is 13.0. The van der Waals surface area contributed by atoms with E-state index in [0.29, 0.717) is 19.3 Å². The highest BCUT2D eigenvalue weighted by Gasteiger charge is 2.19. The Kier molecular flexibility index (Phi) is 67.7. The highest BCUT2D eigenvalue weighted by Crippen LogP contribution is 2.17. The van der Waals surface area contributed by atoms with Gasteiger partial charge < -0.3 is 14.2 Å². The van der Waals surface area contributed by atoms with Gasteiger partial charge in [-0.05, 0) is 122 Å². The third-order valence-electron chi connectivity index (χ3n) is 15.5. The van der Waals surface area contributed by atoms with Crippen molar-refractivity contribution in [1.29, 1.82) is 0 Å². The predicted molar refractivity (Wildman–Crippen MR) is 362 cm³/mol. The fraction of sp³-hybridized carbons (Fsp3) is 0.753. The van der Waals surface area contributed by atoms with Crippen LogP contribution in [0.1, 0.15) is 355 Å². The van der Waals surface area contributed by atoms with Crippen molar-refractivity contribution in [2.45, 2.75) is 361 Å². The molecule has 0 spiro atoms. The lowest BCUT2D eigenvalue weighted by atomic mass is 10.0. The van der Waals surface area contributed by atoms with Gasteiger partial charge in [0.1, 0.15) is 13.2 Å². The molecule has 0 amide bonds. The molecule has 1 atom stereocenters. The highest BCUT2D eigenvalue weighted by molar-refractivity contribution is 5.71. The van der Waals surface area contributed by atoms with Crippen molar-refractivity contribution in [3.8, 4) is 0 Å². The summed E-state index contributed by atoms with van der Waals surface area (Å²) in [4.78, 5) is 38.5. The molecule has 0 bridgehead atoms. The summed E-state index contributed by atoms with van der Waals surface area (Å²) in [5.41, 5.74) is 0. The Labute approximate surface area is 515 Å². The Bertz CT molecular complexity index is 1610. The summed E-state index contributed by atoms with van der Waals surface area (Å²) in [6, 6.07) is 0. The number of hydrogen-bond donors (Lipinski definition) is 0. The minimum Gasteiger partial charge on any atom is -0.462 e. The number of allylic oxidation sites excluding steroid dienone is 16. The van der Waals surface area contributed by atoms with Crippen LogP contribution in [-0.4, -0.2) is 37.2 Å². The number of hydrogen-bond acceptors (Lipinski definition) is 6. The van der Waals surface area contributed by atoms with Crippen molar-refractivity contribution in [1.82, 2.24) is 0 Å². The van der Waals surface area contributed by atoms with Gasteiger partial charge in [0.15, 0.2) is 6.10 Å². The quantitative estimate of drug-likeness (QED) is 0.0261. The molecule has 0 saturated carbocycles. The first-order valence-electron chi connectivity index (χ1n) is 35.7. The van der Waals surface area contributed by atoms with Gasteiger partial charge in [-0.1, -0.05) is 311 Å². The Morgan fingerprint density at radius 2 is 0.470 bits per heavy atom. The zero-order valence-electron chi connectivity index (χ0n) is 54.9. The van der Waals surface area contributed by atoms with Crippen molar-refractivity contribution >= 4 is 17.9 Å². The van der Waals surface area contributed by atoms with E-state index in [-0.39, 0.29) is 31.1 Å². The molecule has 478 valence electrons. The van der Waals surface area contributed by atoms with E-state index in [2.05, 4.69) is 118 Å². The molecule has 0 rings (SSSR count). The van der Waals surface area contributed by atoms with Gasteiger partial charge in [0, 0.05) is 19.3 Å². The van der Waals surface area contributed by atoms with E-state index in [9.17, 15) is 14.4 Å². The first-order valence-corrected chi connectivity index (χ1v) is 35.7. The smallest absolute Gasteiger partial charge is 0.306 e. The third-order valence-corrected chi connectivity index (χ3v) is 15.5. The highest BCUT2D eigenvalue weighted by atomic mass is 16.6. The fourth-order valence-electron chi connectivity index (χ4n) is 10.2. The molecule has 0 heterocycles. The Morgan fingerprint density at radius 1 is 0.253 bits per heavy atom. The molecule has 1 unspecified atom stereocenters. The van der Waals surface area contributed by atoms with E-state index in [4.69, 9.17) is 14.2 Å². The summed E-state index contributed by atoms with van der Waals surface area (Å²) in [5.74, 6) is -0.881. The average Bonchev–Trinajstić information content (AvgIpc) is 3.49. The Morgan fingerprint density at radius 3 is 0.747 bits per heavy atom. The number of unbranched alkanes of at least 4 members (excludes halogenated alkanes) is 38. The number of esters is 3. The van der Waals surface area contributed by atoms with Crippen LogP contribution in [0.2, 0.25) is 0 Å². The molecule has 0 aliphatic heterocycles. The molecule has 0 N–H and O–H groups in total. The van der Waals surface area contributed by atoms with E-state index in [0.717, 1.165) is 109 Å². The normalized spacial score (nSPS) is 12.7. The lowest BCUT2D eigenvalue weighted by Crippen LogP contribution is -2.30. The Hall–Kier alpha value is -3.67. The second-order valence-corrected chi connectivity index (χ2v) is 23.8. The molecular formula is C77H134O6. The first kappa shape index (κ1) is 79.3. The topological polar surface area (TPSA) is 78.9 Å². The first-order chi connectivity index (χ1) is 41.0. The molecule has 83 heavy (non-hydrogen) atoms. The van der Waals surface area contributed by atoms with Crippen LogP contribution in [0.5, 0.6) is 0 Å². The molecule has 0 aromatic carbocycles. The largest absolute Gasteiger partial charge is 0.462 e. The van der Waals surface area contributed by atoms with Crippen molar-refractivity contribution in [3.05, 3.63) is 97.2 Å². The summed E-state index contributed by atoms with van der Waals surface area (Å²) in [7, 11) is 0. The summed E-state index contributed by atoms with van der Waals surface area (Å²) in [6.45, 7) is 6.54. The minimum absolute atomic E-state index is 0.0814. The Balaban J connectivity index is 4.33. The number of carbonyl (C=O) groups is 3. The average molecular weight is 1160 g/mol. The summed E-state index contributed by atoms with van der Waals surface area (Å²) in [6.07, 6.45) is 95.7. The van der Waals surface area contributed by atoms with Crippen LogP contribution in [-0.2, 0) is 28.6 Å². The zero-order chi connectivity index (χ0) is 59.9. The zero-order valence-corrected chi connectivity index (χ0v) is 54.9. The van der Waals surface area contributed by atoms with Crippen LogP contribution < -0.4 is 0 Å². The molecule has 0 radical (unpaired) electrons. The van der Waals surface area contributed by atoms with E-state index < -0.39 is 6.10 Å². The van der Waals surface area contributed by atoms with Gasteiger partial charge in [-0.25, -0.2) is 0 Å². The SMILES string of the molecule is CC/C=C\C/C=C\C/C=C\C/C=C\CCCCCCCCCCCCCCCCC(=O)OCC(COC(=O)CCCCCCC/C=C\CCCCCCCC)OC(=O)CCCCCCCCCC/C=C\C/C=C\C/C=C\CCCCCCC. The molecule has 0 saturated heterocycles. The molecule has 6 heteroatoms. The molecule has 0 fully saturated rings. The predicted octanol–water partition coefficient (Wildman–Crippen LogP) is 24.8. The maximum Gasteiger partial charge on any atom is 0.306 e. The second kappa shape index (κ2) is 70.8. The fourth-order valence-corrected chi connectivity index (χ4v) is 10.2. The molecular weight excluding hydrogens is 1020 g/mol. The van der Waals surface area contributed by atoms with Crippen LogP contribution in [0.25, 0.3) is 0 Å². The van der Waals surface area contributed by atoms with Gasteiger partial charge >= 0.3 is 17.9 Å². The van der Waals surface area contributed by atoms with Crippen LogP contribution in [0.3, 0.4) is 0 Å². The lowest BCUT2D eigenvalue weighted by molar-refractivity contribution is -0.167. The molecule has 0 aliphatic carbocycles. The minimum atomic E-state index is -0.787. The monoisotopic (exact) mass is 1160 g/mol. The molecule has 6 nitrogen and oxygen atoms in total. The molecule has 0 aromatic heterocycles. The van der Waals surface area contributed by atoms with E-state index in [1.165, 1.54) is 205 Å². The summed E-state index contributed by atoms with van der Waals surface area (Å²) in [5, 5.41) is 0. The van der Waals surface area contributed by atoms with Crippen molar-refractivity contribution in [3.63, 3.8) is 0 Å². The maximum atomic E-state index is 13.0. The van der Waals surface area contributed by atoms with Gasteiger partial charge in [-0.15, -0.1) is 0 Å². The van der Waals surface area contributed by atoms with Crippen molar-refractivity contribution in [2.24, 2.45) is 0 Å². The van der Waals surface area contributed by atoms with Crippen LogP contribution in [0.4, 0.5) is 0 Å². The van der Waals surface area contributed by atoms with Gasteiger partial charge in [0.2, 0.25) is 0 Å². The summed E-state index contributed by atoms with van der Waals surface area (Å²) >= 11 is 0. The van der Waals surface area contributed by atoms with Crippen molar-refractivity contribution in [2.75, 3.05) is 13.2 Å². The molecule has 0 aromatic rings. The van der Waals surface area contributed by atoms with E-state index in [1.54, 1.807) is 0 Å². The number of carbonyl (C=O) groups excluding carboxylic acids is 3. The third kappa shape index (κ3) is 69.0. The van der Waals surface area contributed by atoms with E-state index >= 15 is 0 Å². The standard InChI is InChI=1S/C77H134O6/c1-4-7-10-13-16-19-22-25-28-30-32-34-36-37-38-39-41-42-44-46-49-52-55-58-61-64-67-70-76(79)82-73-74(72-81-75(78)69-66-63-60-57-54-51-48-27-24-21-18-15-12-9-6-3)83-77(80)71-68-65-62-59-56-53-50-47-45-43-40-35-33-31-29-26-23-20-17-14-11-8-5-2/h7,10,16,19,23,25-28,31-34,40,43,48,74H,4-6,8-9,11-15,17-18,20-22,24,29-30,35-39,41-42,44-47,49-73H2,1-3H3/b10-7-,19-16-,26-23-,28-25-,33-31-,34-32-,43-40-,48-27-. The number of rotatable bonds is 65. The van der Waals surface area contributed by atoms with Crippen LogP contribution in [0, 0.1) is 0 Å². The van der Waals surface area contributed by atoms with Crippen molar-refractivity contribution < 1.29 is 28.6 Å². The van der Waals surface area contributed by atoms with E-state index in [1.807, 2.05) is 0 Å².